The van der Waals surface area contributed by atoms with E-state index in [0.717, 1.165) is 33.5 Å². The van der Waals surface area contributed by atoms with Crippen LogP contribution in [0.2, 0.25) is 0 Å². The standard InChI is InChI=1S/C32H28N6O3/c1-41-29-14-8-5-11-23(29)28-19-26(33-30-20-25(35-38(28)30)21-9-3-2-4-10-21)31(39)36-17-15-22(16-18-36)37-27-13-7-6-12-24(27)34-32(37)40/h2-14,19-20,22H,15-18H2,1H3,(H,34,40). The van der Waals surface area contributed by atoms with Crippen LogP contribution < -0.4 is 10.4 Å². The number of H-pyrrole nitrogens is 1. The highest BCUT2D eigenvalue weighted by atomic mass is 16.5. The number of ether oxygens (including phenoxy) is 1. The summed E-state index contributed by atoms with van der Waals surface area (Å²) < 4.78 is 9.26. The monoisotopic (exact) mass is 544 g/mol. The molecule has 9 heteroatoms. The van der Waals surface area contributed by atoms with Crippen molar-refractivity contribution in [2.24, 2.45) is 0 Å². The highest BCUT2D eigenvalue weighted by Crippen LogP contribution is 2.32. The number of benzene rings is 3. The fourth-order valence-corrected chi connectivity index (χ4v) is 5.81. The second-order valence-electron chi connectivity index (χ2n) is 10.2. The summed E-state index contributed by atoms with van der Waals surface area (Å²) in [7, 11) is 1.63. The molecule has 6 aromatic rings. The number of nitrogens with one attached hydrogen (secondary N) is 1. The zero-order valence-corrected chi connectivity index (χ0v) is 22.5. The molecule has 1 aliphatic heterocycles. The normalized spacial score (nSPS) is 14.1. The zero-order chi connectivity index (χ0) is 27.9. The number of aromatic nitrogens is 5. The van der Waals surface area contributed by atoms with Gasteiger partial charge in [-0.2, -0.15) is 5.10 Å². The van der Waals surface area contributed by atoms with Crippen molar-refractivity contribution < 1.29 is 9.53 Å². The van der Waals surface area contributed by atoms with E-state index < -0.39 is 0 Å². The van der Waals surface area contributed by atoms with E-state index in [-0.39, 0.29) is 17.6 Å². The molecule has 1 N–H and O–H groups in total. The molecule has 204 valence electrons. The number of para-hydroxylation sites is 3. The van der Waals surface area contributed by atoms with Crippen LogP contribution >= 0.6 is 0 Å². The second-order valence-corrected chi connectivity index (χ2v) is 10.2. The van der Waals surface area contributed by atoms with E-state index in [1.54, 1.807) is 17.7 Å². The third kappa shape index (κ3) is 4.35. The first-order valence-corrected chi connectivity index (χ1v) is 13.7. The summed E-state index contributed by atoms with van der Waals surface area (Å²) in [6.07, 6.45) is 1.36. The van der Waals surface area contributed by atoms with E-state index >= 15 is 0 Å². The molecule has 9 nitrogen and oxygen atoms in total. The molecular formula is C32H28N6O3. The van der Waals surface area contributed by atoms with Crippen LogP contribution in [-0.2, 0) is 0 Å². The number of imidazole rings is 1. The predicted molar refractivity (Wildman–Crippen MR) is 157 cm³/mol. The summed E-state index contributed by atoms with van der Waals surface area (Å²) in [6, 6.07) is 29.0. The summed E-state index contributed by atoms with van der Waals surface area (Å²) in [5.41, 5.74) is 5.81. The Morgan fingerprint density at radius 2 is 1.66 bits per heavy atom. The van der Waals surface area contributed by atoms with Gasteiger partial charge in [-0.1, -0.05) is 54.6 Å². The van der Waals surface area contributed by atoms with Gasteiger partial charge in [0.2, 0.25) is 0 Å². The van der Waals surface area contributed by atoms with E-state index in [0.29, 0.717) is 43.0 Å². The lowest BCUT2D eigenvalue weighted by Gasteiger charge is -2.32. The van der Waals surface area contributed by atoms with Gasteiger partial charge in [-0.25, -0.2) is 14.3 Å². The quantitative estimate of drug-likeness (QED) is 0.322. The largest absolute Gasteiger partial charge is 0.496 e. The summed E-state index contributed by atoms with van der Waals surface area (Å²) in [5.74, 6) is 0.538. The number of aromatic amines is 1. The van der Waals surface area contributed by atoms with E-state index in [9.17, 15) is 9.59 Å². The molecule has 4 heterocycles. The maximum atomic E-state index is 13.9. The Hall–Kier alpha value is -5.18. The van der Waals surface area contributed by atoms with Crippen molar-refractivity contribution in [3.63, 3.8) is 0 Å². The summed E-state index contributed by atoms with van der Waals surface area (Å²) in [5, 5.41) is 4.86. The minimum Gasteiger partial charge on any atom is -0.496 e. The third-order valence-corrected chi connectivity index (χ3v) is 7.84. The number of likely N-dealkylation sites (tertiary alicyclic amines) is 1. The van der Waals surface area contributed by atoms with Gasteiger partial charge in [-0.05, 0) is 43.2 Å². The molecule has 0 atom stereocenters. The Kier molecular flexibility index (Phi) is 6.11. The molecule has 0 spiro atoms. The molecule has 1 aliphatic rings. The minimum atomic E-state index is -0.143. The molecule has 0 radical (unpaired) electrons. The van der Waals surface area contributed by atoms with E-state index in [2.05, 4.69) is 4.98 Å². The molecular weight excluding hydrogens is 516 g/mol. The lowest BCUT2D eigenvalue weighted by Crippen LogP contribution is -2.40. The van der Waals surface area contributed by atoms with Crippen molar-refractivity contribution >= 4 is 22.6 Å². The van der Waals surface area contributed by atoms with Crippen molar-refractivity contribution in [1.82, 2.24) is 29.0 Å². The Balaban J connectivity index is 1.24. The SMILES string of the molecule is COc1ccccc1-c1cc(C(=O)N2CCC(n3c(=O)[nH]c4ccccc43)CC2)nc2cc(-c3ccccc3)nn12. The average Bonchev–Trinajstić information content (AvgIpc) is 3.61. The number of hydrogen-bond acceptors (Lipinski definition) is 5. The molecule has 0 unspecified atom stereocenters. The number of hydrogen-bond donors (Lipinski definition) is 1. The molecule has 7 rings (SSSR count). The van der Waals surface area contributed by atoms with Crippen molar-refractivity contribution in [2.45, 2.75) is 18.9 Å². The van der Waals surface area contributed by atoms with Gasteiger partial charge in [0.05, 0.1) is 29.5 Å². The molecule has 0 saturated carbocycles. The molecule has 1 saturated heterocycles. The minimum absolute atomic E-state index is 0.0190. The van der Waals surface area contributed by atoms with Crippen LogP contribution in [0.1, 0.15) is 29.4 Å². The fraction of sp³-hybridized carbons (Fsp3) is 0.188. The van der Waals surface area contributed by atoms with E-state index in [1.807, 2.05) is 94.4 Å². The number of rotatable bonds is 5. The van der Waals surface area contributed by atoms with Crippen LogP contribution in [0.5, 0.6) is 5.75 Å². The molecule has 1 amide bonds. The third-order valence-electron chi connectivity index (χ3n) is 7.84. The number of amides is 1. The number of fused-ring (bicyclic) bond motifs is 2. The summed E-state index contributed by atoms with van der Waals surface area (Å²) in [6.45, 7) is 1.06. The topological polar surface area (TPSA) is 97.5 Å². The van der Waals surface area contributed by atoms with Crippen LogP contribution in [0, 0.1) is 0 Å². The number of piperidine rings is 1. The zero-order valence-electron chi connectivity index (χ0n) is 22.5. The Morgan fingerprint density at radius 3 is 2.46 bits per heavy atom. The number of carbonyl (C=O) groups is 1. The summed E-state index contributed by atoms with van der Waals surface area (Å²) in [4.78, 5) is 36.1. The van der Waals surface area contributed by atoms with Crippen molar-refractivity contribution in [3.05, 3.63) is 107 Å². The first kappa shape index (κ1) is 24.8. The molecule has 3 aromatic heterocycles. The smallest absolute Gasteiger partial charge is 0.326 e. The van der Waals surface area contributed by atoms with Gasteiger partial charge >= 0.3 is 5.69 Å². The highest BCUT2D eigenvalue weighted by molar-refractivity contribution is 5.94. The van der Waals surface area contributed by atoms with Crippen molar-refractivity contribution in [3.8, 4) is 28.3 Å². The van der Waals surface area contributed by atoms with Crippen LogP contribution in [0.3, 0.4) is 0 Å². The summed E-state index contributed by atoms with van der Waals surface area (Å²) >= 11 is 0. The second kappa shape index (κ2) is 10.1. The van der Waals surface area contributed by atoms with Crippen LogP contribution in [0.4, 0.5) is 0 Å². The van der Waals surface area contributed by atoms with Crippen molar-refractivity contribution in [2.75, 3.05) is 20.2 Å². The highest BCUT2D eigenvalue weighted by Gasteiger charge is 2.28. The first-order valence-electron chi connectivity index (χ1n) is 13.7. The van der Waals surface area contributed by atoms with Gasteiger partial charge in [0.25, 0.3) is 5.91 Å². The van der Waals surface area contributed by atoms with Crippen LogP contribution in [-0.4, -0.2) is 55.2 Å². The Labute approximate surface area is 235 Å². The Morgan fingerprint density at radius 1 is 0.927 bits per heavy atom. The molecule has 41 heavy (non-hydrogen) atoms. The molecule has 1 fully saturated rings. The van der Waals surface area contributed by atoms with E-state index in [1.165, 1.54) is 0 Å². The van der Waals surface area contributed by atoms with E-state index in [4.69, 9.17) is 14.8 Å². The number of carbonyl (C=O) groups excluding carboxylic acids is 1. The molecule has 0 aliphatic carbocycles. The predicted octanol–water partition coefficient (Wildman–Crippen LogP) is 5.19. The molecule has 0 bridgehead atoms. The van der Waals surface area contributed by atoms with Gasteiger partial charge in [0, 0.05) is 36.3 Å². The van der Waals surface area contributed by atoms with Gasteiger partial charge in [0.1, 0.15) is 11.4 Å². The van der Waals surface area contributed by atoms with Crippen molar-refractivity contribution in [1.29, 1.82) is 0 Å². The maximum Gasteiger partial charge on any atom is 0.326 e. The lowest BCUT2D eigenvalue weighted by molar-refractivity contribution is 0.0689. The average molecular weight is 545 g/mol. The lowest BCUT2D eigenvalue weighted by atomic mass is 10.0. The van der Waals surface area contributed by atoms with Crippen LogP contribution in [0.25, 0.3) is 39.2 Å². The Bertz CT molecular complexity index is 1950. The van der Waals surface area contributed by atoms with Crippen LogP contribution in [0.15, 0.2) is 95.8 Å². The maximum absolute atomic E-state index is 13.9. The fourth-order valence-electron chi connectivity index (χ4n) is 5.81. The molecule has 3 aromatic carbocycles. The first-order chi connectivity index (χ1) is 20.1. The van der Waals surface area contributed by atoms with Gasteiger partial charge in [-0.15, -0.1) is 0 Å². The number of methoxy groups -OCH3 is 1. The van der Waals surface area contributed by atoms with Gasteiger partial charge in [0.15, 0.2) is 5.65 Å². The van der Waals surface area contributed by atoms with Gasteiger partial charge < -0.3 is 14.6 Å². The van der Waals surface area contributed by atoms with Gasteiger partial charge in [-0.3, -0.25) is 9.36 Å². The number of nitrogens with zero attached hydrogens (tertiary/aromatic N) is 5.